The summed E-state index contributed by atoms with van der Waals surface area (Å²) in [7, 11) is 0. The van der Waals surface area contributed by atoms with Gasteiger partial charge < -0.3 is 19.9 Å². The second-order valence-corrected chi connectivity index (χ2v) is 3.01. The van der Waals surface area contributed by atoms with Crippen molar-refractivity contribution < 1.29 is 14.6 Å². The van der Waals surface area contributed by atoms with Crippen molar-refractivity contribution >= 4 is 5.69 Å². The third-order valence-electron chi connectivity index (χ3n) is 1.98. The van der Waals surface area contributed by atoms with Gasteiger partial charge in [-0.05, 0) is 12.1 Å². The lowest BCUT2D eigenvalue weighted by Crippen LogP contribution is -2.15. The Bertz CT molecular complexity index is 314. The van der Waals surface area contributed by atoms with Gasteiger partial charge in [-0.3, -0.25) is 0 Å². The maximum absolute atomic E-state index is 8.65. The maximum atomic E-state index is 8.65. The molecule has 0 amide bonds. The fraction of sp³-hybridized carbons (Fsp3) is 0.400. The molecule has 0 atom stereocenters. The Labute approximate surface area is 82.5 Å². The molecule has 2 rings (SSSR count). The van der Waals surface area contributed by atoms with Crippen LogP contribution in [0.4, 0.5) is 5.69 Å². The minimum atomic E-state index is 0.119. The van der Waals surface area contributed by atoms with Crippen molar-refractivity contribution in [1.29, 1.82) is 0 Å². The number of hydrogen-bond acceptors (Lipinski definition) is 4. The van der Waals surface area contributed by atoms with Crippen molar-refractivity contribution in [3.63, 3.8) is 0 Å². The Morgan fingerprint density at radius 2 is 2.00 bits per heavy atom. The van der Waals surface area contributed by atoms with Crippen LogP contribution < -0.4 is 14.8 Å². The van der Waals surface area contributed by atoms with Crippen molar-refractivity contribution in [2.45, 2.75) is 0 Å². The number of ether oxygens (including phenoxy) is 2. The molecule has 0 aliphatic carbocycles. The summed E-state index contributed by atoms with van der Waals surface area (Å²) >= 11 is 0. The molecule has 0 radical (unpaired) electrons. The molecule has 1 aromatic carbocycles. The zero-order valence-electron chi connectivity index (χ0n) is 7.82. The lowest BCUT2D eigenvalue weighted by atomic mass is 10.2. The Kier molecular flexibility index (Phi) is 2.74. The molecule has 0 bridgehead atoms. The van der Waals surface area contributed by atoms with Gasteiger partial charge >= 0.3 is 0 Å². The molecule has 0 unspecified atom stereocenters. The Hall–Kier alpha value is -1.42. The van der Waals surface area contributed by atoms with Crippen molar-refractivity contribution in [3.8, 4) is 11.5 Å². The molecule has 0 spiro atoms. The van der Waals surface area contributed by atoms with Crippen LogP contribution >= 0.6 is 0 Å². The van der Waals surface area contributed by atoms with Crippen LogP contribution in [0.5, 0.6) is 11.5 Å². The summed E-state index contributed by atoms with van der Waals surface area (Å²) in [6.07, 6.45) is 0. The van der Waals surface area contributed by atoms with E-state index >= 15 is 0 Å². The minimum absolute atomic E-state index is 0.119. The van der Waals surface area contributed by atoms with E-state index in [1.807, 2.05) is 18.2 Å². The predicted molar refractivity (Wildman–Crippen MR) is 53.0 cm³/mol. The molecule has 1 aliphatic heterocycles. The van der Waals surface area contributed by atoms with Gasteiger partial charge in [0.05, 0.1) is 6.61 Å². The fourth-order valence-electron chi connectivity index (χ4n) is 1.35. The molecule has 0 aromatic heterocycles. The van der Waals surface area contributed by atoms with E-state index in [-0.39, 0.29) is 6.61 Å². The number of rotatable bonds is 3. The molecule has 1 aliphatic rings. The first-order valence-electron chi connectivity index (χ1n) is 4.64. The minimum Gasteiger partial charge on any atom is -0.486 e. The van der Waals surface area contributed by atoms with Crippen LogP contribution in [0.2, 0.25) is 0 Å². The van der Waals surface area contributed by atoms with Crippen molar-refractivity contribution in [3.05, 3.63) is 18.2 Å². The summed E-state index contributed by atoms with van der Waals surface area (Å²) in [5.74, 6) is 1.55. The SMILES string of the molecule is OCCNc1ccc2c(c1)OCCO2. The zero-order chi connectivity index (χ0) is 9.80. The molecule has 1 aromatic rings. The maximum Gasteiger partial charge on any atom is 0.163 e. The second kappa shape index (κ2) is 4.19. The molecular formula is C10H13NO3. The third-order valence-corrected chi connectivity index (χ3v) is 1.98. The van der Waals surface area contributed by atoms with Crippen molar-refractivity contribution in [2.75, 3.05) is 31.7 Å². The molecule has 76 valence electrons. The number of aliphatic hydroxyl groups excluding tert-OH is 1. The average Bonchev–Trinajstić information content (AvgIpc) is 2.26. The van der Waals surface area contributed by atoms with Gasteiger partial charge in [-0.15, -0.1) is 0 Å². The van der Waals surface area contributed by atoms with Gasteiger partial charge in [0, 0.05) is 18.3 Å². The van der Waals surface area contributed by atoms with Gasteiger partial charge in [0.2, 0.25) is 0 Å². The van der Waals surface area contributed by atoms with E-state index in [1.165, 1.54) is 0 Å². The number of aliphatic hydroxyl groups is 1. The molecule has 2 N–H and O–H groups in total. The Balaban J connectivity index is 2.12. The van der Waals surface area contributed by atoms with Gasteiger partial charge in [0.1, 0.15) is 13.2 Å². The van der Waals surface area contributed by atoms with Crippen molar-refractivity contribution in [2.24, 2.45) is 0 Å². The summed E-state index contributed by atoms with van der Waals surface area (Å²) in [5, 5.41) is 11.7. The van der Waals surface area contributed by atoms with Crippen LogP contribution in [0, 0.1) is 0 Å². The smallest absolute Gasteiger partial charge is 0.163 e. The number of hydrogen-bond donors (Lipinski definition) is 2. The van der Waals surface area contributed by atoms with E-state index in [9.17, 15) is 0 Å². The summed E-state index contributed by atoms with van der Waals surface area (Å²) in [4.78, 5) is 0. The Morgan fingerprint density at radius 3 is 2.79 bits per heavy atom. The summed E-state index contributed by atoms with van der Waals surface area (Å²) in [6, 6.07) is 5.65. The summed E-state index contributed by atoms with van der Waals surface area (Å²) in [6.45, 7) is 1.86. The first-order valence-corrected chi connectivity index (χ1v) is 4.64. The fourth-order valence-corrected chi connectivity index (χ4v) is 1.35. The molecule has 0 saturated carbocycles. The summed E-state index contributed by atoms with van der Waals surface area (Å²) in [5.41, 5.74) is 0.934. The first-order chi connectivity index (χ1) is 6.90. The highest BCUT2D eigenvalue weighted by Crippen LogP contribution is 2.32. The van der Waals surface area contributed by atoms with Crippen molar-refractivity contribution in [1.82, 2.24) is 0 Å². The standard InChI is InChI=1S/C10H13NO3/c12-4-3-11-8-1-2-9-10(7-8)14-6-5-13-9/h1-2,7,11-12H,3-6H2. The average molecular weight is 195 g/mol. The van der Waals surface area contributed by atoms with E-state index in [2.05, 4.69) is 5.32 Å². The highest BCUT2D eigenvalue weighted by atomic mass is 16.6. The highest BCUT2D eigenvalue weighted by molar-refractivity contribution is 5.55. The van der Waals surface area contributed by atoms with E-state index in [0.717, 1.165) is 17.2 Å². The molecule has 1 heterocycles. The van der Waals surface area contributed by atoms with E-state index in [0.29, 0.717) is 19.8 Å². The highest BCUT2D eigenvalue weighted by Gasteiger charge is 2.10. The topological polar surface area (TPSA) is 50.7 Å². The molecule has 4 heteroatoms. The lowest BCUT2D eigenvalue weighted by molar-refractivity contribution is 0.171. The van der Waals surface area contributed by atoms with Gasteiger partial charge in [0.25, 0.3) is 0 Å². The van der Waals surface area contributed by atoms with Crippen LogP contribution in [-0.2, 0) is 0 Å². The quantitative estimate of drug-likeness (QED) is 0.751. The number of anilines is 1. The van der Waals surface area contributed by atoms with E-state index in [1.54, 1.807) is 0 Å². The lowest BCUT2D eigenvalue weighted by Gasteiger charge is -2.19. The van der Waals surface area contributed by atoms with Gasteiger partial charge in [-0.2, -0.15) is 0 Å². The van der Waals surface area contributed by atoms with Gasteiger partial charge in [-0.1, -0.05) is 0 Å². The largest absolute Gasteiger partial charge is 0.486 e. The van der Waals surface area contributed by atoms with Gasteiger partial charge in [-0.25, -0.2) is 0 Å². The van der Waals surface area contributed by atoms with E-state index in [4.69, 9.17) is 14.6 Å². The second-order valence-electron chi connectivity index (χ2n) is 3.01. The third kappa shape index (κ3) is 1.90. The molecule has 14 heavy (non-hydrogen) atoms. The first kappa shape index (κ1) is 9.15. The molecule has 0 saturated heterocycles. The summed E-state index contributed by atoms with van der Waals surface area (Å²) < 4.78 is 10.8. The van der Waals surface area contributed by atoms with Crippen LogP contribution in [0.15, 0.2) is 18.2 Å². The molecule has 4 nitrogen and oxygen atoms in total. The molecule has 0 fully saturated rings. The monoisotopic (exact) mass is 195 g/mol. The normalized spacial score (nSPS) is 13.8. The molecular weight excluding hydrogens is 182 g/mol. The Morgan fingerprint density at radius 1 is 1.21 bits per heavy atom. The number of fused-ring (bicyclic) bond motifs is 1. The predicted octanol–water partition coefficient (Wildman–Crippen LogP) is 0.862. The van der Waals surface area contributed by atoms with E-state index < -0.39 is 0 Å². The van der Waals surface area contributed by atoms with Gasteiger partial charge in [0.15, 0.2) is 11.5 Å². The van der Waals surface area contributed by atoms with Crippen LogP contribution in [-0.4, -0.2) is 31.5 Å². The van der Waals surface area contributed by atoms with Crippen LogP contribution in [0.3, 0.4) is 0 Å². The zero-order valence-corrected chi connectivity index (χ0v) is 7.82. The van der Waals surface area contributed by atoms with Crippen LogP contribution in [0.25, 0.3) is 0 Å². The van der Waals surface area contributed by atoms with Crippen LogP contribution in [0.1, 0.15) is 0 Å². The number of nitrogens with one attached hydrogen (secondary N) is 1. The number of benzene rings is 1.